The van der Waals surface area contributed by atoms with Gasteiger partial charge in [-0.15, -0.1) is 24.8 Å². The topological polar surface area (TPSA) is 53.2 Å². The second-order valence-electron chi connectivity index (χ2n) is 5.80. The summed E-state index contributed by atoms with van der Waals surface area (Å²) in [7, 11) is 0. The van der Waals surface area contributed by atoms with Crippen LogP contribution in [0.2, 0.25) is 0 Å². The molecule has 22 heavy (non-hydrogen) atoms. The molecule has 0 spiro atoms. The summed E-state index contributed by atoms with van der Waals surface area (Å²) in [5.74, 6) is 0.611. The van der Waals surface area contributed by atoms with E-state index in [2.05, 4.69) is 31.9 Å². The van der Waals surface area contributed by atoms with E-state index in [0.717, 1.165) is 28.9 Å². The highest BCUT2D eigenvalue weighted by Gasteiger charge is 2.29. The molecule has 2 fully saturated rings. The number of anilines is 2. The quantitative estimate of drug-likeness (QED) is 0.694. The fourth-order valence-corrected chi connectivity index (χ4v) is 2.68. The molecule has 2 aliphatic rings. The van der Waals surface area contributed by atoms with Crippen molar-refractivity contribution >= 4 is 58.0 Å². The Morgan fingerprint density at radius 3 is 2.50 bits per heavy atom. The summed E-state index contributed by atoms with van der Waals surface area (Å²) in [6, 6.07) is 6.56. The lowest BCUT2D eigenvalue weighted by atomic mass is 9.88. The predicted octanol–water partition coefficient (Wildman–Crippen LogP) is 3.66. The molecule has 1 aliphatic carbocycles. The van der Waals surface area contributed by atoms with Gasteiger partial charge in [-0.3, -0.25) is 4.79 Å². The number of hydrogen-bond acceptors (Lipinski definition) is 3. The lowest BCUT2D eigenvalue weighted by Crippen LogP contribution is -2.48. The van der Waals surface area contributed by atoms with E-state index in [-0.39, 0.29) is 36.6 Å². The maximum absolute atomic E-state index is 12.3. The fourth-order valence-electron chi connectivity index (χ4n) is 2.32. The second-order valence-corrected chi connectivity index (χ2v) is 6.72. The van der Waals surface area contributed by atoms with Crippen LogP contribution in [0.15, 0.2) is 22.7 Å². The number of benzene rings is 1. The van der Waals surface area contributed by atoms with Gasteiger partial charge in [0.2, 0.25) is 5.91 Å². The first-order valence-corrected chi connectivity index (χ1v) is 8.00. The predicted molar refractivity (Wildman–Crippen MR) is 99.4 cm³/mol. The minimum absolute atomic E-state index is 0. The van der Waals surface area contributed by atoms with Crippen molar-refractivity contribution in [3.63, 3.8) is 0 Å². The Hall–Kier alpha value is -0.490. The molecule has 3 N–H and O–H groups in total. The number of rotatable bonds is 5. The van der Waals surface area contributed by atoms with Crippen molar-refractivity contribution in [3.8, 4) is 0 Å². The van der Waals surface area contributed by atoms with Crippen molar-refractivity contribution in [1.29, 1.82) is 0 Å². The molecule has 1 aromatic rings. The Kier molecular flexibility index (Phi) is 7.46. The average molecular weight is 411 g/mol. The summed E-state index contributed by atoms with van der Waals surface area (Å²) in [5, 5.41) is 9.76. The number of carbonyl (C=O) groups excluding carboxylic acids is 1. The third kappa shape index (κ3) is 4.75. The molecule has 1 saturated heterocycles. The van der Waals surface area contributed by atoms with Gasteiger partial charge in [-0.25, -0.2) is 0 Å². The van der Waals surface area contributed by atoms with Crippen LogP contribution in [0, 0.1) is 11.8 Å². The van der Waals surface area contributed by atoms with E-state index in [9.17, 15) is 4.79 Å². The normalized spacial score (nSPS) is 18.3. The van der Waals surface area contributed by atoms with Crippen molar-refractivity contribution in [2.24, 2.45) is 11.8 Å². The van der Waals surface area contributed by atoms with Gasteiger partial charge in [0.05, 0.1) is 11.4 Å². The highest BCUT2D eigenvalue weighted by Crippen LogP contribution is 2.32. The Balaban J connectivity index is 0.00000121. The van der Waals surface area contributed by atoms with Crippen LogP contribution in [0.3, 0.4) is 0 Å². The maximum atomic E-state index is 12.3. The lowest BCUT2D eigenvalue weighted by molar-refractivity contribution is -0.121. The lowest BCUT2D eigenvalue weighted by Gasteiger charge is -2.31. The third-order valence-electron chi connectivity index (χ3n) is 4.11. The van der Waals surface area contributed by atoms with Gasteiger partial charge in [-0.2, -0.15) is 0 Å². The van der Waals surface area contributed by atoms with Crippen molar-refractivity contribution < 1.29 is 4.79 Å². The van der Waals surface area contributed by atoms with Gasteiger partial charge >= 0.3 is 0 Å². The molecular formula is C15H22BrCl2N3O. The van der Waals surface area contributed by atoms with Gasteiger partial charge in [0, 0.05) is 16.4 Å². The fraction of sp³-hybridized carbons (Fsp3) is 0.533. The van der Waals surface area contributed by atoms with Crippen LogP contribution in [0.4, 0.5) is 11.4 Å². The van der Waals surface area contributed by atoms with Crippen LogP contribution in [0.5, 0.6) is 0 Å². The zero-order valence-electron chi connectivity index (χ0n) is 12.4. The minimum Gasteiger partial charge on any atom is -0.381 e. The number of halogens is 3. The van der Waals surface area contributed by atoms with E-state index < -0.39 is 0 Å². The first kappa shape index (κ1) is 19.6. The zero-order valence-corrected chi connectivity index (χ0v) is 15.6. The molecular weight excluding hydrogens is 389 g/mol. The van der Waals surface area contributed by atoms with Crippen LogP contribution in [-0.2, 0) is 4.79 Å². The van der Waals surface area contributed by atoms with Crippen molar-refractivity contribution in [2.75, 3.05) is 23.7 Å². The SMILES string of the molecule is CC(C(=O)Nc1cc(Br)ccc1NC1CC1)C1CNC1.Cl.Cl. The largest absolute Gasteiger partial charge is 0.381 e. The van der Waals surface area contributed by atoms with Gasteiger partial charge in [0.15, 0.2) is 0 Å². The van der Waals surface area contributed by atoms with Gasteiger partial charge < -0.3 is 16.0 Å². The molecule has 1 aliphatic heterocycles. The highest BCUT2D eigenvalue weighted by molar-refractivity contribution is 9.10. The summed E-state index contributed by atoms with van der Waals surface area (Å²) in [6.45, 7) is 3.90. The molecule has 0 aromatic heterocycles. The van der Waals surface area contributed by atoms with Crippen molar-refractivity contribution in [3.05, 3.63) is 22.7 Å². The van der Waals surface area contributed by atoms with Crippen LogP contribution < -0.4 is 16.0 Å². The molecule has 1 amide bonds. The standard InChI is InChI=1S/C15H20BrN3O.2ClH/c1-9(10-7-17-8-10)15(20)19-14-6-11(16)2-5-13(14)18-12-3-4-12;;/h2,5-6,9-10,12,17-18H,3-4,7-8H2,1H3,(H,19,20);2*1H. The summed E-state index contributed by atoms with van der Waals surface area (Å²) in [6.07, 6.45) is 2.43. The van der Waals surface area contributed by atoms with Crippen LogP contribution in [0.25, 0.3) is 0 Å². The number of nitrogens with one attached hydrogen (secondary N) is 3. The molecule has 1 aromatic carbocycles. The molecule has 4 nitrogen and oxygen atoms in total. The van der Waals surface area contributed by atoms with E-state index in [0.29, 0.717) is 12.0 Å². The number of hydrogen-bond donors (Lipinski definition) is 3. The van der Waals surface area contributed by atoms with Crippen LogP contribution >= 0.6 is 40.7 Å². The zero-order chi connectivity index (χ0) is 14.1. The van der Waals surface area contributed by atoms with Gasteiger partial charge in [0.25, 0.3) is 0 Å². The van der Waals surface area contributed by atoms with Crippen molar-refractivity contribution in [1.82, 2.24) is 5.32 Å². The van der Waals surface area contributed by atoms with Crippen LogP contribution in [0.1, 0.15) is 19.8 Å². The molecule has 3 rings (SSSR count). The molecule has 0 radical (unpaired) electrons. The number of carbonyl (C=O) groups is 1. The van der Waals surface area contributed by atoms with Gasteiger partial charge in [-0.1, -0.05) is 22.9 Å². The Labute approximate surface area is 152 Å². The van der Waals surface area contributed by atoms with E-state index in [1.807, 2.05) is 25.1 Å². The maximum Gasteiger partial charge on any atom is 0.227 e. The Bertz CT molecular complexity index is 522. The molecule has 1 saturated carbocycles. The van der Waals surface area contributed by atoms with Crippen LogP contribution in [-0.4, -0.2) is 25.0 Å². The third-order valence-corrected chi connectivity index (χ3v) is 4.60. The van der Waals surface area contributed by atoms with Crippen molar-refractivity contribution in [2.45, 2.75) is 25.8 Å². The summed E-state index contributed by atoms with van der Waals surface area (Å²) in [4.78, 5) is 12.3. The first-order valence-electron chi connectivity index (χ1n) is 7.21. The van der Waals surface area contributed by atoms with E-state index >= 15 is 0 Å². The number of amides is 1. The Morgan fingerprint density at radius 2 is 1.95 bits per heavy atom. The Morgan fingerprint density at radius 1 is 1.27 bits per heavy atom. The summed E-state index contributed by atoms with van der Waals surface area (Å²) >= 11 is 3.47. The molecule has 124 valence electrons. The highest BCUT2D eigenvalue weighted by atomic mass is 79.9. The molecule has 0 bridgehead atoms. The first-order chi connectivity index (χ1) is 9.63. The van der Waals surface area contributed by atoms with E-state index in [1.54, 1.807) is 0 Å². The summed E-state index contributed by atoms with van der Waals surface area (Å²) in [5.41, 5.74) is 1.89. The van der Waals surface area contributed by atoms with Gasteiger partial charge in [-0.05, 0) is 50.0 Å². The molecule has 1 heterocycles. The minimum atomic E-state index is 0. The second kappa shape index (κ2) is 8.39. The monoisotopic (exact) mass is 409 g/mol. The molecule has 1 unspecified atom stereocenters. The van der Waals surface area contributed by atoms with E-state index in [4.69, 9.17) is 0 Å². The van der Waals surface area contributed by atoms with Gasteiger partial charge in [0.1, 0.15) is 0 Å². The molecule has 1 atom stereocenters. The van der Waals surface area contributed by atoms with E-state index in [1.165, 1.54) is 12.8 Å². The smallest absolute Gasteiger partial charge is 0.227 e. The molecule has 7 heteroatoms. The summed E-state index contributed by atoms with van der Waals surface area (Å²) < 4.78 is 0.979. The average Bonchev–Trinajstić information content (AvgIpc) is 3.14.